The lowest BCUT2D eigenvalue weighted by Crippen LogP contribution is -2.00. The molecular weight excluding hydrogens is 196 g/mol. The van der Waals surface area contributed by atoms with Crippen LogP contribution in [0.4, 0.5) is 5.69 Å². The van der Waals surface area contributed by atoms with E-state index in [9.17, 15) is 10.1 Å². The maximum absolute atomic E-state index is 10.8. The third-order valence-electron chi connectivity index (χ3n) is 1.83. The van der Waals surface area contributed by atoms with Crippen molar-refractivity contribution in [3.63, 3.8) is 0 Å². The second-order valence-electron chi connectivity index (χ2n) is 2.79. The van der Waals surface area contributed by atoms with E-state index in [4.69, 9.17) is 10.00 Å². The Morgan fingerprint density at radius 3 is 2.87 bits per heavy atom. The average molecular weight is 206 g/mol. The van der Waals surface area contributed by atoms with Crippen LogP contribution in [0.5, 0.6) is 5.75 Å². The molecule has 0 saturated carbocycles. The van der Waals surface area contributed by atoms with E-state index in [-0.39, 0.29) is 17.9 Å². The van der Waals surface area contributed by atoms with Crippen molar-refractivity contribution in [2.75, 3.05) is 6.61 Å². The standard InChI is InChI=1S/C10H10N2O3/c1-2-15-9-5-3-4-8(6-7-11)10(9)12(13)14/h3-5H,2,6H2,1H3. The summed E-state index contributed by atoms with van der Waals surface area (Å²) >= 11 is 0. The van der Waals surface area contributed by atoms with E-state index in [0.717, 1.165) is 0 Å². The highest BCUT2D eigenvalue weighted by atomic mass is 16.6. The van der Waals surface area contributed by atoms with Gasteiger partial charge in [-0.15, -0.1) is 0 Å². The van der Waals surface area contributed by atoms with Crippen LogP contribution in [0.25, 0.3) is 0 Å². The Bertz CT molecular complexity index is 410. The van der Waals surface area contributed by atoms with Crippen LogP contribution in [0.3, 0.4) is 0 Å². The Morgan fingerprint density at radius 2 is 2.33 bits per heavy atom. The minimum absolute atomic E-state index is 0.0111. The molecule has 0 aliphatic rings. The largest absolute Gasteiger partial charge is 0.487 e. The molecule has 0 radical (unpaired) electrons. The molecule has 0 aliphatic heterocycles. The van der Waals surface area contributed by atoms with E-state index in [1.54, 1.807) is 19.1 Å². The molecular formula is C10H10N2O3. The molecule has 1 rings (SSSR count). The SMILES string of the molecule is CCOc1cccc(CC#N)c1[N+](=O)[O-]. The summed E-state index contributed by atoms with van der Waals surface area (Å²) in [4.78, 5) is 10.3. The average Bonchev–Trinajstić information content (AvgIpc) is 2.18. The normalized spacial score (nSPS) is 9.33. The summed E-state index contributed by atoms with van der Waals surface area (Å²) in [5.41, 5.74) is 0.273. The molecule has 5 heteroatoms. The first kappa shape index (κ1) is 11.0. The third-order valence-corrected chi connectivity index (χ3v) is 1.83. The zero-order valence-corrected chi connectivity index (χ0v) is 8.27. The van der Waals surface area contributed by atoms with E-state index in [1.165, 1.54) is 6.07 Å². The van der Waals surface area contributed by atoms with Crippen molar-refractivity contribution in [1.82, 2.24) is 0 Å². The van der Waals surface area contributed by atoms with Gasteiger partial charge in [0.15, 0.2) is 5.75 Å². The number of hydrogen-bond acceptors (Lipinski definition) is 4. The number of nitro groups is 1. The summed E-state index contributed by atoms with van der Waals surface area (Å²) in [6, 6.07) is 6.62. The van der Waals surface area contributed by atoms with Crippen molar-refractivity contribution < 1.29 is 9.66 Å². The molecule has 0 heterocycles. The van der Waals surface area contributed by atoms with Crippen LogP contribution in [0.2, 0.25) is 0 Å². The van der Waals surface area contributed by atoms with Gasteiger partial charge in [0.25, 0.3) is 0 Å². The topological polar surface area (TPSA) is 76.2 Å². The smallest absolute Gasteiger partial charge is 0.315 e. The molecule has 0 amide bonds. The van der Waals surface area contributed by atoms with Gasteiger partial charge >= 0.3 is 5.69 Å². The van der Waals surface area contributed by atoms with Gasteiger partial charge < -0.3 is 4.74 Å². The van der Waals surface area contributed by atoms with Gasteiger partial charge in [0, 0.05) is 5.56 Å². The molecule has 0 bridgehead atoms. The van der Waals surface area contributed by atoms with Gasteiger partial charge in [0.2, 0.25) is 0 Å². The number of ether oxygens (including phenoxy) is 1. The Hall–Kier alpha value is -2.09. The molecule has 0 N–H and O–H groups in total. The van der Waals surface area contributed by atoms with Crippen LogP contribution in [-0.4, -0.2) is 11.5 Å². The van der Waals surface area contributed by atoms with Crippen LogP contribution < -0.4 is 4.74 Å². The number of benzene rings is 1. The number of rotatable bonds is 4. The van der Waals surface area contributed by atoms with Gasteiger partial charge in [-0.25, -0.2) is 0 Å². The lowest BCUT2D eigenvalue weighted by atomic mass is 10.1. The third kappa shape index (κ3) is 2.44. The van der Waals surface area contributed by atoms with E-state index in [1.807, 2.05) is 6.07 Å². The van der Waals surface area contributed by atoms with E-state index in [2.05, 4.69) is 0 Å². The Morgan fingerprint density at radius 1 is 1.60 bits per heavy atom. The second kappa shape index (κ2) is 4.96. The molecule has 0 aliphatic carbocycles. The molecule has 78 valence electrons. The highest BCUT2D eigenvalue weighted by Crippen LogP contribution is 2.30. The Kier molecular flexibility index (Phi) is 3.63. The van der Waals surface area contributed by atoms with Gasteiger partial charge in [-0.2, -0.15) is 5.26 Å². The Balaban J connectivity index is 3.23. The summed E-state index contributed by atoms with van der Waals surface area (Å²) < 4.78 is 5.13. The van der Waals surface area contributed by atoms with Crippen LogP contribution in [0.15, 0.2) is 18.2 Å². The lowest BCUT2D eigenvalue weighted by molar-refractivity contribution is -0.386. The maximum atomic E-state index is 10.8. The van der Waals surface area contributed by atoms with E-state index in [0.29, 0.717) is 12.2 Å². The predicted octanol–water partition coefficient (Wildman–Crippen LogP) is 2.06. The molecule has 15 heavy (non-hydrogen) atoms. The minimum Gasteiger partial charge on any atom is -0.487 e. The van der Waals surface area contributed by atoms with Crippen molar-refractivity contribution in [3.05, 3.63) is 33.9 Å². The highest BCUT2D eigenvalue weighted by molar-refractivity contribution is 5.53. The molecule has 0 saturated heterocycles. The number of para-hydroxylation sites is 1. The maximum Gasteiger partial charge on any atom is 0.315 e. The molecule has 1 aromatic rings. The molecule has 0 fully saturated rings. The quantitative estimate of drug-likeness (QED) is 0.558. The molecule has 5 nitrogen and oxygen atoms in total. The van der Waals surface area contributed by atoms with Crippen molar-refractivity contribution >= 4 is 5.69 Å². The summed E-state index contributed by atoms with van der Waals surface area (Å²) in [7, 11) is 0. The van der Waals surface area contributed by atoms with Gasteiger partial charge in [-0.1, -0.05) is 12.1 Å². The summed E-state index contributed by atoms with van der Waals surface area (Å²) in [5, 5.41) is 19.3. The van der Waals surface area contributed by atoms with Crippen molar-refractivity contribution in [2.24, 2.45) is 0 Å². The monoisotopic (exact) mass is 206 g/mol. The van der Waals surface area contributed by atoms with E-state index >= 15 is 0 Å². The van der Waals surface area contributed by atoms with E-state index < -0.39 is 4.92 Å². The molecule has 0 aromatic heterocycles. The zero-order chi connectivity index (χ0) is 11.3. The minimum atomic E-state index is -0.516. The fourth-order valence-corrected chi connectivity index (χ4v) is 1.27. The summed E-state index contributed by atoms with van der Waals surface area (Å²) in [6.07, 6.45) is 0.0111. The van der Waals surface area contributed by atoms with Crippen LogP contribution >= 0.6 is 0 Å². The number of nitro benzene ring substituents is 1. The van der Waals surface area contributed by atoms with Gasteiger partial charge in [0.05, 0.1) is 24.0 Å². The second-order valence-corrected chi connectivity index (χ2v) is 2.79. The Labute approximate surface area is 87.1 Å². The van der Waals surface area contributed by atoms with Gasteiger partial charge in [-0.3, -0.25) is 10.1 Å². The highest BCUT2D eigenvalue weighted by Gasteiger charge is 2.19. The predicted molar refractivity (Wildman–Crippen MR) is 53.6 cm³/mol. The zero-order valence-electron chi connectivity index (χ0n) is 8.27. The van der Waals surface area contributed by atoms with Crippen molar-refractivity contribution in [1.29, 1.82) is 5.26 Å². The first-order valence-electron chi connectivity index (χ1n) is 4.46. The van der Waals surface area contributed by atoms with Crippen LogP contribution in [0, 0.1) is 21.4 Å². The summed E-state index contributed by atoms with van der Waals surface area (Å²) in [5.74, 6) is 0.218. The molecule has 1 aromatic carbocycles. The number of nitrogens with zero attached hydrogens (tertiary/aromatic N) is 2. The van der Waals surface area contributed by atoms with Gasteiger partial charge in [0.1, 0.15) is 0 Å². The molecule has 0 unspecified atom stereocenters. The molecule has 0 atom stereocenters. The summed E-state index contributed by atoms with van der Waals surface area (Å²) in [6.45, 7) is 2.11. The van der Waals surface area contributed by atoms with Crippen molar-refractivity contribution in [2.45, 2.75) is 13.3 Å². The lowest BCUT2D eigenvalue weighted by Gasteiger charge is -2.05. The molecule has 0 spiro atoms. The van der Waals surface area contributed by atoms with Crippen LogP contribution in [-0.2, 0) is 6.42 Å². The van der Waals surface area contributed by atoms with Crippen molar-refractivity contribution in [3.8, 4) is 11.8 Å². The first-order valence-corrected chi connectivity index (χ1v) is 4.46. The number of nitriles is 1. The van der Waals surface area contributed by atoms with Gasteiger partial charge in [-0.05, 0) is 13.0 Å². The fraction of sp³-hybridized carbons (Fsp3) is 0.300. The fourth-order valence-electron chi connectivity index (χ4n) is 1.27. The first-order chi connectivity index (χ1) is 7.20. The number of hydrogen-bond donors (Lipinski definition) is 0. The van der Waals surface area contributed by atoms with Crippen LogP contribution in [0.1, 0.15) is 12.5 Å².